The quantitative estimate of drug-likeness (QED) is 0.506. The van der Waals surface area contributed by atoms with Gasteiger partial charge >= 0.3 is 0 Å². The molecular formula is C20H18F4N6O2. The predicted molar refractivity (Wildman–Crippen MR) is 106 cm³/mol. The maximum atomic E-state index is 14.2. The molecule has 32 heavy (non-hydrogen) atoms. The Hall–Kier alpha value is -3.54. The maximum Gasteiger partial charge on any atom is 0.287 e. The highest BCUT2D eigenvalue weighted by molar-refractivity contribution is 5.63. The van der Waals surface area contributed by atoms with Crippen LogP contribution in [0.5, 0.6) is 0 Å². The summed E-state index contributed by atoms with van der Waals surface area (Å²) >= 11 is 0. The van der Waals surface area contributed by atoms with E-state index in [0.29, 0.717) is 17.8 Å². The van der Waals surface area contributed by atoms with E-state index in [1.807, 2.05) is 6.08 Å². The zero-order chi connectivity index (χ0) is 22.7. The number of nitrogens with one attached hydrogen (secondary N) is 1. The molecule has 168 valence electrons. The average molecular weight is 450 g/mol. The summed E-state index contributed by atoms with van der Waals surface area (Å²) in [6.45, 7) is -2.23. The highest BCUT2D eigenvalue weighted by atomic mass is 19.3. The van der Waals surface area contributed by atoms with Crippen LogP contribution in [0.4, 0.5) is 23.4 Å². The second kappa shape index (κ2) is 8.91. The van der Waals surface area contributed by atoms with Crippen LogP contribution in [0, 0.1) is 11.7 Å². The Kier molecular flexibility index (Phi) is 6.04. The van der Waals surface area contributed by atoms with Crippen LogP contribution >= 0.6 is 0 Å². The number of rotatable bonds is 8. The van der Waals surface area contributed by atoms with E-state index in [0.717, 1.165) is 6.20 Å². The van der Waals surface area contributed by atoms with Crippen molar-refractivity contribution in [3.05, 3.63) is 54.5 Å². The van der Waals surface area contributed by atoms with Crippen molar-refractivity contribution in [3.63, 3.8) is 0 Å². The first-order valence-corrected chi connectivity index (χ1v) is 9.62. The number of aliphatic hydroxyl groups is 1. The van der Waals surface area contributed by atoms with E-state index in [1.54, 1.807) is 18.2 Å². The third kappa shape index (κ3) is 4.69. The van der Waals surface area contributed by atoms with Gasteiger partial charge in [0, 0.05) is 12.0 Å². The first-order valence-electron chi connectivity index (χ1n) is 9.62. The fourth-order valence-corrected chi connectivity index (χ4v) is 3.12. The van der Waals surface area contributed by atoms with Gasteiger partial charge in [0.1, 0.15) is 30.1 Å². The molecule has 3 heterocycles. The molecule has 1 aliphatic rings. The van der Waals surface area contributed by atoms with E-state index in [2.05, 4.69) is 25.5 Å². The Bertz CT molecular complexity index is 1140. The topological polar surface area (TPSA) is 102 Å². The molecule has 0 aromatic carbocycles. The summed E-state index contributed by atoms with van der Waals surface area (Å²) in [7, 11) is 0. The molecule has 3 aromatic rings. The van der Waals surface area contributed by atoms with Gasteiger partial charge in [-0.1, -0.05) is 17.3 Å². The molecule has 0 radical (unpaired) electrons. The molecule has 2 N–H and O–H groups in total. The summed E-state index contributed by atoms with van der Waals surface area (Å²) in [5, 5.41) is 19.1. The molecule has 12 heteroatoms. The van der Waals surface area contributed by atoms with Gasteiger partial charge in [-0.25, -0.2) is 27.5 Å². The van der Waals surface area contributed by atoms with Crippen LogP contribution in [0.1, 0.15) is 6.42 Å². The minimum absolute atomic E-state index is 0.0377. The summed E-state index contributed by atoms with van der Waals surface area (Å²) in [5.74, 6) is -5.63. The van der Waals surface area contributed by atoms with Crippen LogP contribution in [0.3, 0.4) is 0 Å². The summed E-state index contributed by atoms with van der Waals surface area (Å²) in [6.07, 6.45) is 7.55. The standard InChI is InChI=1S/C20H18F4N6O2/c21-13-4-2-1-3-12(13)9-30-17(15-5-6-32-29-15)7-16(28-30)19-25-8-14(22)18(27-19)26-10-20(23,24)11-31/h1-2,4-8,12,31H,3,9-11H2,(H,25,26,27). The van der Waals surface area contributed by atoms with Gasteiger partial charge in [0.25, 0.3) is 5.92 Å². The number of nitrogens with zero attached hydrogens (tertiary/aromatic N) is 5. The van der Waals surface area contributed by atoms with Gasteiger partial charge in [-0.15, -0.1) is 0 Å². The lowest BCUT2D eigenvalue weighted by molar-refractivity contribution is -0.0373. The SMILES string of the molecule is OCC(F)(F)CNc1nc(-c2cc(-c3ccon3)n(CC3CC=CC=C3F)n2)ncc1F. The lowest BCUT2D eigenvalue weighted by Crippen LogP contribution is -2.31. The van der Waals surface area contributed by atoms with Crippen LogP contribution in [0.15, 0.2) is 53.2 Å². The molecule has 0 amide bonds. The number of aromatic nitrogens is 5. The predicted octanol–water partition coefficient (Wildman–Crippen LogP) is 3.60. The summed E-state index contributed by atoms with van der Waals surface area (Å²) < 4.78 is 61.3. The number of anilines is 1. The van der Waals surface area contributed by atoms with Gasteiger partial charge in [-0.2, -0.15) is 5.10 Å². The molecular weight excluding hydrogens is 432 g/mol. The summed E-state index contributed by atoms with van der Waals surface area (Å²) in [6, 6.07) is 3.16. The molecule has 1 aliphatic carbocycles. The van der Waals surface area contributed by atoms with E-state index in [-0.39, 0.29) is 23.9 Å². The van der Waals surface area contributed by atoms with Crippen LogP contribution in [-0.2, 0) is 6.54 Å². The van der Waals surface area contributed by atoms with Crippen molar-refractivity contribution < 1.29 is 27.2 Å². The largest absolute Gasteiger partial charge is 0.390 e. The van der Waals surface area contributed by atoms with E-state index < -0.39 is 36.6 Å². The number of halogens is 4. The van der Waals surface area contributed by atoms with Gasteiger partial charge in [0.2, 0.25) is 0 Å². The molecule has 1 unspecified atom stereocenters. The van der Waals surface area contributed by atoms with Crippen molar-refractivity contribution in [1.82, 2.24) is 24.9 Å². The fraction of sp³-hybridized carbons (Fsp3) is 0.300. The maximum absolute atomic E-state index is 14.2. The third-order valence-electron chi connectivity index (χ3n) is 4.79. The monoisotopic (exact) mass is 450 g/mol. The summed E-state index contributed by atoms with van der Waals surface area (Å²) in [5.41, 5.74) is 1.13. The Labute approximate surface area is 179 Å². The van der Waals surface area contributed by atoms with Crippen molar-refractivity contribution >= 4 is 5.82 Å². The second-order valence-electron chi connectivity index (χ2n) is 7.15. The first kappa shape index (κ1) is 21.7. The molecule has 0 saturated heterocycles. The van der Waals surface area contributed by atoms with E-state index in [4.69, 9.17) is 9.63 Å². The van der Waals surface area contributed by atoms with Gasteiger partial charge < -0.3 is 14.9 Å². The smallest absolute Gasteiger partial charge is 0.287 e. The Morgan fingerprint density at radius 1 is 1.28 bits per heavy atom. The van der Waals surface area contributed by atoms with Gasteiger partial charge in [0.15, 0.2) is 17.5 Å². The number of hydrogen-bond donors (Lipinski definition) is 2. The number of allylic oxidation sites excluding steroid dienone is 4. The second-order valence-corrected chi connectivity index (χ2v) is 7.15. The molecule has 1 atom stereocenters. The zero-order valence-corrected chi connectivity index (χ0v) is 16.6. The van der Waals surface area contributed by atoms with Crippen LogP contribution in [-0.4, -0.2) is 49.1 Å². The van der Waals surface area contributed by atoms with Gasteiger partial charge in [-0.05, 0) is 18.6 Å². The molecule has 8 nitrogen and oxygen atoms in total. The minimum Gasteiger partial charge on any atom is -0.390 e. The first-order chi connectivity index (χ1) is 15.4. The van der Waals surface area contributed by atoms with E-state index in [9.17, 15) is 17.6 Å². The van der Waals surface area contributed by atoms with E-state index >= 15 is 0 Å². The fourth-order valence-electron chi connectivity index (χ4n) is 3.12. The molecule has 3 aromatic heterocycles. The zero-order valence-electron chi connectivity index (χ0n) is 16.6. The Morgan fingerprint density at radius 2 is 2.12 bits per heavy atom. The van der Waals surface area contributed by atoms with Crippen LogP contribution in [0.25, 0.3) is 22.9 Å². The molecule has 4 rings (SSSR count). The Morgan fingerprint density at radius 3 is 2.84 bits per heavy atom. The molecule has 0 fully saturated rings. The molecule has 0 saturated carbocycles. The highest BCUT2D eigenvalue weighted by Gasteiger charge is 2.28. The normalized spacial score (nSPS) is 16.3. The number of hydrogen-bond acceptors (Lipinski definition) is 7. The van der Waals surface area contributed by atoms with Crippen LogP contribution in [0.2, 0.25) is 0 Å². The van der Waals surface area contributed by atoms with Crippen molar-refractivity contribution in [2.45, 2.75) is 18.9 Å². The Balaban J connectivity index is 1.66. The van der Waals surface area contributed by atoms with Crippen molar-refractivity contribution in [1.29, 1.82) is 0 Å². The average Bonchev–Trinajstić information content (AvgIpc) is 3.45. The molecule has 0 aliphatic heterocycles. The summed E-state index contributed by atoms with van der Waals surface area (Å²) in [4.78, 5) is 7.84. The van der Waals surface area contributed by atoms with Crippen LogP contribution < -0.4 is 5.32 Å². The van der Waals surface area contributed by atoms with Crippen molar-refractivity contribution in [2.75, 3.05) is 18.5 Å². The van der Waals surface area contributed by atoms with Crippen molar-refractivity contribution in [2.24, 2.45) is 5.92 Å². The highest BCUT2D eigenvalue weighted by Crippen LogP contribution is 2.29. The molecule has 0 bridgehead atoms. The molecule has 0 spiro atoms. The number of alkyl halides is 2. The lowest BCUT2D eigenvalue weighted by atomic mass is 9.99. The van der Waals surface area contributed by atoms with Gasteiger partial charge in [0.05, 0.1) is 25.0 Å². The van der Waals surface area contributed by atoms with Crippen molar-refractivity contribution in [3.8, 4) is 22.9 Å². The number of aliphatic hydroxyl groups excluding tert-OH is 1. The van der Waals surface area contributed by atoms with Gasteiger partial charge in [-0.3, -0.25) is 4.68 Å². The third-order valence-corrected chi connectivity index (χ3v) is 4.79. The van der Waals surface area contributed by atoms with E-state index in [1.165, 1.54) is 17.0 Å². The lowest BCUT2D eigenvalue weighted by Gasteiger charge is -2.16. The minimum atomic E-state index is -3.45.